The van der Waals surface area contributed by atoms with Crippen molar-refractivity contribution in [2.45, 2.75) is 26.3 Å². The normalized spacial score (nSPS) is 16.9. The van der Waals surface area contributed by atoms with Crippen molar-refractivity contribution in [3.63, 3.8) is 0 Å². The minimum atomic E-state index is -0.568. The fourth-order valence-corrected chi connectivity index (χ4v) is 2.47. The van der Waals surface area contributed by atoms with Crippen LogP contribution in [0.4, 0.5) is 0 Å². The van der Waals surface area contributed by atoms with Crippen LogP contribution in [0.3, 0.4) is 0 Å². The van der Waals surface area contributed by atoms with Gasteiger partial charge in [-0.15, -0.1) is 11.6 Å². The predicted molar refractivity (Wildman–Crippen MR) is 83.1 cm³/mol. The van der Waals surface area contributed by atoms with Gasteiger partial charge in [0.25, 0.3) is 0 Å². The molecule has 6 nitrogen and oxygen atoms in total. The van der Waals surface area contributed by atoms with Gasteiger partial charge >= 0.3 is 0 Å². The SMILES string of the molecule is CCC(CN1CCN(C(=[N-])C(=[N-])Cl)CC1)N(C)C(C)=O.[Y]. The second-order valence-electron chi connectivity index (χ2n) is 5.09. The first-order valence-electron chi connectivity index (χ1n) is 6.85. The van der Waals surface area contributed by atoms with E-state index in [4.69, 9.17) is 17.0 Å². The molecule has 0 aromatic rings. The number of halogens is 1. The largest absolute Gasteiger partial charge is 0.794 e. The van der Waals surface area contributed by atoms with Gasteiger partial charge in [0.2, 0.25) is 5.91 Å². The molecule has 8 heteroatoms. The summed E-state index contributed by atoms with van der Waals surface area (Å²) in [7, 11) is 1.83. The van der Waals surface area contributed by atoms with Crippen LogP contribution >= 0.6 is 11.6 Å². The topological polar surface area (TPSA) is 71.4 Å². The van der Waals surface area contributed by atoms with E-state index in [0.717, 1.165) is 26.1 Å². The zero-order chi connectivity index (χ0) is 15.3. The Bertz CT molecular complexity index is 385. The smallest absolute Gasteiger partial charge is 0.219 e. The fourth-order valence-electron chi connectivity index (χ4n) is 2.35. The van der Waals surface area contributed by atoms with E-state index in [1.54, 1.807) is 16.7 Å². The van der Waals surface area contributed by atoms with E-state index in [1.165, 1.54) is 0 Å². The Hall–Kier alpha value is -0.0361. The van der Waals surface area contributed by atoms with Crippen LogP contribution in [0.2, 0.25) is 0 Å². The van der Waals surface area contributed by atoms with Gasteiger partial charge in [-0.25, -0.2) is 0 Å². The molecule has 0 N–H and O–H groups in total. The van der Waals surface area contributed by atoms with E-state index in [2.05, 4.69) is 11.8 Å². The van der Waals surface area contributed by atoms with E-state index >= 15 is 0 Å². The Morgan fingerprint density at radius 1 is 1.29 bits per heavy atom. The van der Waals surface area contributed by atoms with Gasteiger partial charge in [0.1, 0.15) is 0 Å². The molecular weight excluding hydrogens is 367 g/mol. The Morgan fingerprint density at radius 2 is 1.81 bits per heavy atom. The molecule has 1 aliphatic heterocycles. The number of hydrogen-bond acceptors (Lipinski definition) is 2. The van der Waals surface area contributed by atoms with Gasteiger partial charge in [0, 0.05) is 59.3 Å². The maximum absolute atomic E-state index is 11.4. The number of amidine groups is 1. The van der Waals surface area contributed by atoms with E-state index in [9.17, 15) is 10.2 Å². The third-order valence-corrected chi connectivity index (χ3v) is 4.01. The van der Waals surface area contributed by atoms with E-state index in [-0.39, 0.29) is 50.5 Å². The van der Waals surface area contributed by atoms with E-state index in [0.29, 0.717) is 13.1 Å². The number of nitrogens with zero attached hydrogens (tertiary/aromatic N) is 5. The summed E-state index contributed by atoms with van der Waals surface area (Å²) in [4.78, 5) is 17.1. The summed E-state index contributed by atoms with van der Waals surface area (Å²) in [6, 6.07) is 0.199. The van der Waals surface area contributed by atoms with E-state index < -0.39 is 5.17 Å². The minimum absolute atomic E-state index is 0. The molecule has 1 unspecified atom stereocenters. The van der Waals surface area contributed by atoms with Gasteiger partial charge in [-0.1, -0.05) is 17.9 Å². The summed E-state index contributed by atoms with van der Waals surface area (Å²) in [5.41, 5.74) is 0. The third kappa shape index (κ3) is 6.31. The summed E-state index contributed by atoms with van der Waals surface area (Å²) < 4.78 is 0. The zero-order valence-corrected chi connectivity index (χ0v) is 16.5. The number of carbonyl (C=O) groups is 1. The Balaban J connectivity index is 0.00000400. The first-order chi connectivity index (χ1) is 9.36. The summed E-state index contributed by atoms with van der Waals surface area (Å²) in [6.07, 6.45) is 0.907. The number of carbonyl (C=O) groups excluding carboxylic acids is 1. The summed E-state index contributed by atoms with van der Waals surface area (Å²) in [5, 5.41) is 18.1. The van der Waals surface area contributed by atoms with Gasteiger partial charge in [0.15, 0.2) is 0 Å². The molecule has 0 aromatic heterocycles. The molecule has 1 atom stereocenters. The van der Waals surface area contributed by atoms with Crippen LogP contribution in [0.1, 0.15) is 20.3 Å². The van der Waals surface area contributed by atoms with Crippen molar-refractivity contribution in [3.05, 3.63) is 10.8 Å². The second-order valence-corrected chi connectivity index (χ2v) is 5.45. The number of likely N-dealkylation sites (N-methyl/N-ethyl adjacent to an activating group) is 1. The first kappa shape index (κ1) is 21.0. The molecule has 1 aliphatic rings. The van der Waals surface area contributed by atoms with Crippen LogP contribution in [-0.2, 0) is 37.5 Å². The van der Waals surface area contributed by atoms with Gasteiger partial charge in [-0.3, -0.25) is 4.79 Å². The molecule has 1 heterocycles. The molecule has 1 fully saturated rings. The summed E-state index contributed by atoms with van der Waals surface area (Å²) in [5.74, 6) is -0.192. The molecule has 1 saturated heterocycles. The Morgan fingerprint density at radius 3 is 2.19 bits per heavy atom. The fraction of sp³-hybridized carbons (Fsp3) is 0.769. The second kappa shape index (κ2) is 9.87. The van der Waals surface area contributed by atoms with Crippen molar-refractivity contribution in [2.24, 2.45) is 0 Å². The molecule has 0 aromatic carbocycles. The molecule has 117 valence electrons. The van der Waals surface area contributed by atoms with Gasteiger partial charge < -0.3 is 25.5 Å². The van der Waals surface area contributed by atoms with Crippen molar-refractivity contribution < 1.29 is 37.5 Å². The van der Waals surface area contributed by atoms with Crippen molar-refractivity contribution in [3.8, 4) is 0 Å². The van der Waals surface area contributed by atoms with Crippen LogP contribution in [-0.4, -0.2) is 77.4 Å². The maximum Gasteiger partial charge on any atom is 0.219 e. The predicted octanol–water partition coefficient (Wildman–Crippen LogP) is 1.03. The molecule has 1 radical (unpaired) electrons. The molecule has 0 bridgehead atoms. The van der Waals surface area contributed by atoms with Gasteiger partial charge in [-0.05, 0) is 32.6 Å². The maximum atomic E-state index is 11.4. The average Bonchev–Trinajstić information content (AvgIpc) is 2.43. The molecule has 1 amide bonds. The van der Waals surface area contributed by atoms with Gasteiger partial charge in [0.05, 0.1) is 0 Å². The van der Waals surface area contributed by atoms with Crippen LogP contribution in [0.25, 0.3) is 10.8 Å². The van der Waals surface area contributed by atoms with Gasteiger partial charge in [-0.2, -0.15) is 0 Å². The quantitative estimate of drug-likeness (QED) is 0.522. The average molecular weight is 389 g/mol. The zero-order valence-electron chi connectivity index (χ0n) is 12.9. The number of amides is 1. The number of hydrogen-bond donors (Lipinski definition) is 0. The van der Waals surface area contributed by atoms with Crippen molar-refractivity contribution >= 4 is 28.5 Å². The van der Waals surface area contributed by atoms with Crippen molar-refractivity contribution in [1.29, 1.82) is 0 Å². The molecule has 0 spiro atoms. The molecular formula is C13H22ClN5OY-2. The minimum Gasteiger partial charge on any atom is -0.794 e. The van der Waals surface area contributed by atoms with Crippen molar-refractivity contribution in [2.75, 3.05) is 39.8 Å². The molecule has 1 rings (SSSR count). The van der Waals surface area contributed by atoms with E-state index in [1.807, 2.05) is 7.05 Å². The standard InChI is InChI=1S/C13H22ClN5O.Y/c1-4-11(17(3)10(2)20)9-18-5-7-19(8-6-18)13(16)12(14)15;/h11H,4-9H2,1-3H3;/q-2;. The third-order valence-electron chi connectivity index (χ3n) is 3.84. The molecule has 21 heavy (non-hydrogen) atoms. The van der Waals surface area contributed by atoms with Crippen LogP contribution in [0.15, 0.2) is 0 Å². The Kier molecular flexibility index (Phi) is 9.86. The Labute approximate surface area is 157 Å². The number of rotatable bonds is 5. The van der Waals surface area contributed by atoms with Crippen molar-refractivity contribution in [1.82, 2.24) is 14.7 Å². The molecule has 0 saturated carbocycles. The van der Waals surface area contributed by atoms with Crippen LogP contribution < -0.4 is 0 Å². The number of piperazine rings is 1. The van der Waals surface area contributed by atoms with Crippen LogP contribution in [0.5, 0.6) is 0 Å². The monoisotopic (exact) mass is 388 g/mol. The first-order valence-corrected chi connectivity index (χ1v) is 7.23. The summed E-state index contributed by atoms with van der Waals surface area (Å²) in [6.45, 7) is 7.18. The van der Waals surface area contributed by atoms with Crippen LogP contribution in [0, 0.1) is 0 Å². The molecule has 0 aliphatic carbocycles. The summed E-state index contributed by atoms with van der Waals surface area (Å²) >= 11 is 5.37.